The van der Waals surface area contributed by atoms with Gasteiger partial charge in [-0.1, -0.05) is 24.3 Å². The maximum Gasteiger partial charge on any atom is 0.162 e. The second-order valence-electron chi connectivity index (χ2n) is 4.67. The molecule has 4 heteroatoms. The molecule has 0 aromatic heterocycles. The minimum Gasteiger partial charge on any atom is -0.385 e. The second-order valence-corrected chi connectivity index (χ2v) is 4.67. The predicted molar refractivity (Wildman–Crippen MR) is 66.0 cm³/mol. The molecule has 0 spiro atoms. The van der Waals surface area contributed by atoms with Crippen molar-refractivity contribution in [3.8, 4) is 0 Å². The molecule has 1 unspecified atom stereocenters. The van der Waals surface area contributed by atoms with Crippen LogP contribution in [-0.4, -0.2) is 5.11 Å². The van der Waals surface area contributed by atoms with E-state index in [4.69, 9.17) is 0 Å². The van der Waals surface area contributed by atoms with E-state index in [-0.39, 0.29) is 12.0 Å². The minimum atomic E-state index is -1.40. The Kier molecular flexibility index (Phi) is 3.62. The lowest BCUT2D eigenvalue weighted by Crippen LogP contribution is -2.25. The first-order valence-corrected chi connectivity index (χ1v) is 5.81. The fourth-order valence-electron chi connectivity index (χ4n) is 1.97. The van der Waals surface area contributed by atoms with Gasteiger partial charge in [-0.15, -0.1) is 0 Å². The van der Waals surface area contributed by atoms with Gasteiger partial charge in [0.2, 0.25) is 0 Å². The largest absolute Gasteiger partial charge is 0.385 e. The van der Waals surface area contributed by atoms with Crippen molar-refractivity contribution >= 4 is 0 Å². The average Bonchev–Trinajstić information content (AvgIpc) is 2.35. The van der Waals surface area contributed by atoms with E-state index in [1.807, 2.05) is 0 Å². The summed E-state index contributed by atoms with van der Waals surface area (Å²) in [5, 5.41) is 10.3. The fourth-order valence-corrected chi connectivity index (χ4v) is 1.97. The molecule has 1 N–H and O–H groups in total. The Morgan fingerprint density at radius 1 is 1.00 bits per heavy atom. The molecule has 0 fully saturated rings. The van der Waals surface area contributed by atoms with Crippen LogP contribution in [0.5, 0.6) is 0 Å². The van der Waals surface area contributed by atoms with Crippen LogP contribution in [0.3, 0.4) is 0 Å². The first kappa shape index (κ1) is 13.6. The zero-order chi connectivity index (χ0) is 14.0. The molecule has 2 aromatic carbocycles. The highest BCUT2D eigenvalue weighted by molar-refractivity contribution is 5.27. The summed E-state index contributed by atoms with van der Waals surface area (Å²) in [5.74, 6) is -2.34. The Morgan fingerprint density at radius 3 is 2.26 bits per heavy atom. The summed E-state index contributed by atoms with van der Waals surface area (Å²) >= 11 is 0. The Labute approximate surface area is 109 Å². The maximum absolute atomic E-state index is 13.6. The van der Waals surface area contributed by atoms with E-state index in [0.29, 0.717) is 5.56 Å². The molecule has 0 aliphatic rings. The van der Waals surface area contributed by atoms with E-state index in [9.17, 15) is 18.3 Å². The maximum atomic E-state index is 13.6. The quantitative estimate of drug-likeness (QED) is 0.900. The molecule has 0 aliphatic heterocycles. The molecule has 0 saturated carbocycles. The van der Waals surface area contributed by atoms with Gasteiger partial charge in [-0.2, -0.15) is 0 Å². The second kappa shape index (κ2) is 5.05. The van der Waals surface area contributed by atoms with Crippen LogP contribution in [0.25, 0.3) is 0 Å². The highest BCUT2D eigenvalue weighted by Crippen LogP contribution is 2.27. The van der Waals surface area contributed by atoms with Gasteiger partial charge in [-0.25, -0.2) is 13.2 Å². The zero-order valence-corrected chi connectivity index (χ0v) is 10.3. The van der Waals surface area contributed by atoms with Crippen LogP contribution in [0.1, 0.15) is 18.1 Å². The van der Waals surface area contributed by atoms with Gasteiger partial charge in [0.25, 0.3) is 0 Å². The van der Waals surface area contributed by atoms with Gasteiger partial charge < -0.3 is 5.11 Å². The first-order valence-electron chi connectivity index (χ1n) is 5.81. The summed E-state index contributed by atoms with van der Waals surface area (Å²) in [6.45, 7) is 1.48. The molecule has 0 radical (unpaired) electrons. The third kappa shape index (κ3) is 2.96. The van der Waals surface area contributed by atoms with Crippen LogP contribution in [0, 0.1) is 17.5 Å². The molecule has 2 rings (SSSR count). The Bertz CT molecular complexity index is 576. The topological polar surface area (TPSA) is 20.2 Å². The summed E-state index contributed by atoms with van der Waals surface area (Å²) in [4.78, 5) is 0. The van der Waals surface area contributed by atoms with Gasteiger partial charge >= 0.3 is 0 Å². The summed E-state index contributed by atoms with van der Waals surface area (Å²) in [6.07, 6.45) is -0.0950. The third-order valence-corrected chi connectivity index (χ3v) is 3.03. The Morgan fingerprint density at radius 2 is 1.63 bits per heavy atom. The van der Waals surface area contributed by atoms with Gasteiger partial charge in [0.15, 0.2) is 11.6 Å². The highest BCUT2D eigenvalue weighted by atomic mass is 19.2. The lowest BCUT2D eigenvalue weighted by molar-refractivity contribution is 0.0565. The number of benzene rings is 2. The lowest BCUT2D eigenvalue weighted by Gasteiger charge is -2.24. The van der Waals surface area contributed by atoms with Crippen LogP contribution in [0.15, 0.2) is 42.5 Å². The summed E-state index contributed by atoms with van der Waals surface area (Å²) in [6, 6.07) is 9.09. The standard InChI is InChI=1S/C15H13F3O/c1-15(19,11-5-7-12(16)8-6-11)9-10-3-2-4-13(17)14(10)18/h2-8,19H,9H2,1H3. The normalized spacial score (nSPS) is 14.2. The average molecular weight is 266 g/mol. The van der Waals surface area contributed by atoms with Crippen LogP contribution in [0.2, 0.25) is 0 Å². The Balaban J connectivity index is 2.30. The van der Waals surface area contributed by atoms with E-state index in [2.05, 4.69) is 0 Å². The van der Waals surface area contributed by atoms with Gasteiger partial charge in [0.05, 0.1) is 5.60 Å². The fraction of sp³-hybridized carbons (Fsp3) is 0.200. The molecule has 1 atom stereocenters. The monoisotopic (exact) mass is 266 g/mol. The molecular formula is C15H13F3O. The SMILES string of the molecule is CC(O)(Cc1cccc(F)c1F)c1ccc(F)cc1. The van der Waals surface area contributed by atoms with Crippen LogP contribution in [-0.2, 0) is 12.0 Å². The van der Waals surface area contributed by atoms with Crippen molar-refractivity contribution in [3.05, 3.63) is 71.0 Å². The van der Waals surface area contributed by atoms with Crippen molar-refractivity contribution in [3.63, 3.8) is 0 Å². The molecule has 100 valence electrons. The summed E-state index contributed by atoms with van der Waals surface area (Å²) < 4.78 is 39.5. The third-order valence-electron chi connectivity index (χ3n) is 3.03. The van der Waals surface area contributed by atoms with Crippen LogP contribution in [0.4, 0.5) is 13.2 Å². The van der Waals surface area contributed by atoms with Crippen molar-refractivity contribution in [1.29, 1.82) is 0 Å². The molecule has 1 nitrogen and oxygen atoms in total. The van der Waals surface area contributed by atoms with E-state index in [1.54, 1.807) is 0 Å². The van der Waals surface area contributed by atoms with Crippen molar-refractivity contribution in [1.82, 2.24) is 0 Å². The number of hydrogen-bond donors (Lipinski definition) is 1. The lowest BCUT2D eigenvalue weighted by atomic mass is 9.89. The molecule has 0 amide bonds. The van der Waals surface area contributed by atoms with Crippen LogP contribution >= 0.6 is 0 Å². The Hall–Kier alpha value is -1.81. The summed E-state index contributed by atoms with van der Waals surface area (Å²) in [5.41, 5.74) is -0.880. The molecular weight excluding hydrogens is 253 g/mol. The van der Waals surface area contributed by atoms with Crippen molar-refractivity contribution in [2.24, 2.45) is 0 Å². The number of rotatable bonds is 3. The smallest absolute Gasteiger partial charge is 0.162 e. The number of hydrogen-bond acceptors (Lipinski definition) is 1. The highest BCUT2D eigenvalue weighted by Gasteiger charge is 2.25. The van der Waals surface area contributed by atoms with Crippen LogP contribution < -0.4 is 0 Å². The van der Waals surface area contributed by atoms with Gasteiger partial charge in [0, 0.05) is 6.42 Å². The zero-order valence-electron chi connectivity index (χ0n) is 10.3. The number of aliphatic hydroxyl groups is 1. The minimum absolute atomic E-state index is 0.0781. The molecule has 0 bridgehead atoms. The molecule has 19 heavy (non-hydrogen) atoms. The van der Waals surface area contributed by atoms with E-state index < -0.39 is 23.1 Å². The van der Waals surface area contributed by atoms with E-state index in [0.717, 1.165) is 6.07 Å². The molecule has 0 saturated heterocycles. The first-order chi connectivity index (χ1) is 8.90. The van der Waals surface area contributed by atoms with Gasteiger partial charge in [0.1, 0.15) is 5.82 Å². The molecule has 0 heterocycles. The number of halogens is 3. The van der Waals surface area contributed by atoms with Gasteiger partial charge in [-0.3, -0.25) is 0 Å². The molecule has 0 aliphatic carbocycles. The van der Waals surface area contributed by atoms with E-state index in [1.165, 1.54) is 43.3 Å². The van der Waals surface area contributed by atoms with Crippen molar-refractivity contribution in [2.45, 2.75) is 18.9 Å². The van der Waals surface area contributed by atoms with Gasteiger partial charge in [-0.05, 0) is 36.2 Å². The van der Waals surface area contributed by atoms with Crippen molar-refractivity contribution < 1.29 is 18.3 Å². The van der Waals surface area contributed by atoms with E-state index >= 15 is 0 Å². The molecule has 2 aromatic rings. The predicted octanol–water partition coefficient (Wildman–Crippen LogP) is 3.55. The van der Waals surface area contributed by atoms with Crippen molar-refractivity contribution in [2.75, 3.05) is 0 Å². The summed E-state index contributed by atoms with van der Waals surface area (Å²) in [7, 11) is 0.